The second-order valence-corrected chi connectivity index (χ2v) is 5.21. The third-order valence-electron chi connectivity index (χ3n) is 3.55. The maximum absolute atomic E-state index is 5.69. The Morgan fingerprint density at radius 1 is 1.25 bits per heavy atom. The minimum atomic E-state index is 0.301. The molecule has 0 saturated carbocycles. The first kappa shape index (κ1) is 13.3. The summed E-state index contributed by atoms with van der Waals surface area (Å²) < 4.78 is 7.68. The molecule has 0 bridgehead atoms. The highest BCUT2D eigenvalue weighted by Gasteiger charge is 2.17. The Balaban J connectivity index is 1.76. The number of nitrogens with zero attached hydrogens (tertiary/aromatic N) is 4. The van der Waals surface area contributed by atoms with Crippen molar-refractivity contribution in [1.82, 2.24) is 19.7 Å². The molecular weight excluding hydrogens is 252 g/mol. The Bertz CT molecular complexity index is 540. The molecular formula is C15H20N4O. The monoisotopic (exact) mass is 272 g/mol. The van der Waals surface area contributed by atoms with Gasteiger partial charge in [-0.25, -0.2) is 4.68 Å². The van der Waals surface area contributed by atoms with Crippen molar-refractivity contribution < 1.29 is 4.74 Å². The summed E-state index contributed by atoms with van der Waals surface area (Å²) in [5.74, 6) is 0. The molecule has 0 amide bonds. The maximum atomic E-state index is 5.69. The van der Waals surface area contributed by atoms with Crippen LogP contribution in [0.5, 0.6) is 0 Å². The van der Waals surface area contributed by atoms with Gasteiger partial charge in [-0.3, -0.25) is 9.88 Å². The molecule has 1 aliphatic heterocycles. The first-order valence-electron chi connectivity index (χ1n) is 7.10. The molecule has 5 nitrogen and oxygen atoms in total. The van der Waals surface area contributed by atoms with Crippen LogP contribution in [0.25, 0.3) is 5.69 Å². The van der Waals surface area contributed by atoms with E-state index in [9.17, 15) is 0 Å². The SMILES string of the molecule is CC1CN(Cc2ccnn2-c2ccncc2)CCCO1. The largest absolute Gasteiger partial charge is 0.377 e. The summed E-state index contributed by atoms with van der Waals surface area (Å²) in [5, 5.41) is 4.43. The number of hydrogen-bond donors (Lipinski definition) is 0. The number of ether oxygens (including phenoxy) is 1. The Morgan fingerprint density at radius 3 is 2.95 bits per heavy atom. The van der Waals surface area contributed by atoms with E-state index in [0.29, 0.717) is 6.10 Å². The van der Waals surface area contributed by atoms with Gasteiger partial charge in [-0.05, 0) is 31.5 Å². The van der Waals surface area contributed by atoms with Crippen LogP contribution in [0, 0.1) is 0 Å². The highest BCUT2D eigenvalue weighted by atomic mass is 16.5. The Hall–Kier alpha value is -1.72. The molecule has 2 aromatic heterocycles. The topological polar surface area (TPSA) is 43.2 Å². The van der Waals surface area contributed by atoms with E-state index in [-0.39, 0.29) is 0 Å². The van der Waals surface area contributed by atoms with Crippen LogP contribution in [0.2, 0.25) is 0 Å². The lowest BCUT2D eigenvalue weighted by Crippen LogP contribution is -2.30. The van der Waals surface area contributed by atoms with Gasteiger partial charge in [0.25, 0.3) is 0 Å². The molecule has 5 heteroatoms. The zero-order valence-electron chi connectivity index (χ0n) is 11.8. The van der Waals surface area contributed by atoms with Crippen molar-refractivity contribution in [2.75, 3.05) is 19.7 Å². The summed E-state index contributed by atoms with van der Waals surface area (Å²) in [7, 11) is 0. The highest BCUT2D eigenvalue weighted by Crippen LogP contribution is 2.14. The van der Waals surface area contributed by atoms with Crippen LogP contribution in [0.4, 0.5) is 0 Å². The first-order chi connectivity index (χ1) is 9.83. The molecule has 3 heterocycles. The Morgan fingerprint density at radius 2 is 2.10 bits per heavy atom. The van der Waals surface area contributed by atoms with E-state index in [1.54, 1.807) is 12.4 Å². The fourth-order valence-electron chi connectivity index (χ4n) is 2.62. The lowest BCUT2D eigenvalue weighted by molar-refractivity contribution is 0.0665. The van der Waals surface area contributed by atoms with Crippen molar-refractivity contribution in [1.29, 1.82) is 0 Å². The third kappa shape index (κ3) is 3.05. The smallest absolute Gasteiger partial charge is 0.0679 e. The van der Waals surface area contributed by atoms with Crippen LogP contribution >= 0.6 is 0 Å². The zero-order chi connectivity index (χ0) is 13.8. The summed E-state index contributed by atoms with van der Waals surface area (Å²) in [5.41, 5.74) is 2.25. The van der Waals surface area contributed by atoms with E-state index >= 15 is 0 Å². The molecule has 0 aromatic carbocycles. The van der Waals surface area contributed by atoms with Crippen LogP contribution in [-0.4, -0.2) is 45.5 Å². The highest BCUT2D eigenvalue weighted by molar-refractivity contribution is 5.30. The molecule has 0 aliphatic carbocycles. The number of rotatable bonds is 3. The standard InChI is InChI=1S/C15H20N4O/c1-13-11-18(9-2-10-20-13)12-15-5-8-17-19(15)14-3-6-16-7-4-14/h3-8,13H,2,9-12H2,1H3. The fourth-order valence-corrected chi connectivity index (χ4v) is 2.62. The van der Waals surface area contributed by atoms with Gasteiger partial charge in [-0.15, -0.1) is 0 Å². The molecule has 3 rings (SSSR count). The molecule has 1 aliphatic rings. The summed E-state index contributed by atoms with van der Waals surface area (Å²) >= 11 is 0. The Labute approximate surface area is 119 Å². The van der Waals surface area contributed by atoms with Gasteiger partial charge in [0.1, 0.15) is 0 Å². The molecule has 0 N–H and O–H groups in total. The third-order valence-corrected chi connectivity index (χ3v) is 3.55. The van der Waals surface area contributed by atoms with Gasteiger partial charge < -0.3 is 4.74 Å². The second kappa shape index (κ2) is 6.15. The van der Waals surface area contributed by atoms with Crippen molar-refractivity contribution in [3.05, 3.63) is 42.5 Å². The number of hydrogen-bond acceptors (Lipinski definition) is 4. The van der Waals surface area contributed by atoms with Crippen LogP contribution in [0.15, 0.2) is 36.8 Å². The average molecular weight is 272 g/mol. The molecule has 106 valence electrons. The average Bonchev–Trinajstić information content (AvgIpc) is 2.82. The quantitative estimate of drug-likeness (QED) is 0.855. The van der Waals surface area contributed by atoms with E-state index < -0.39 is 0 Å². The lowest BCUT2D eigenvalue weighted by Gasteiger charge is -2.22. The van der Waals surface area contributed by atoms with E-state index in [0.717, 1.165) is 38.3 Å². The normalized spacial score (nSPS) is 20.8. The van der Waals surface area contributed by atoms with E-state index in [1.807, 2.05) is 23.0 Å². The van der Waals surface area contributed by atoms with Crippen LogP contribution < -0.4 is 0 Å². The zero-order valence-corrected chi connectivity index (χ0v) is 11.8. The van der Waals surface area contributed by atoms with E-state index in [1.165, 1.54) is 5.69 Å². The molecule has 0 spiro atoms. The minimum absolute atomic E-state index is 0.301. The van der Waals surface area contributed by atoms with Gasteiger partial charge >= 0.3 is 0 Å². The van der Waals surface area contributed by atoms with E-state index in [2.05, 4.69) is 28.0 Å². The van der Waals surface area contributed by atoms with Crippen molar-refractivity contribution in [2.24, 2.45) is 0 Å². The van der Waals surface area contributed by atoms with Crippen molar-refractivity contribution in [2.45, 2.75) is 26.0 Å². The molecule has 20 heavy (non-hydrogen) atoms. The van der Waals surface area contributed by atoms with Crippen molar-refractivity contribution in [3.8, 4) is 5.69 Å². The van der Waals surface area contributed by atoms with Crippen LogP contribution in [0.1, 0.15) is 19.0 Å². The molecule has 1 atom stereocenters. The molecule has 1 unspecified atom stereocenters. The van der Waals surface area contributed by atoms with Gasteiger partial charge in [-0.2, -0.15) is 5.10 Å². The first-order valence-corrected chi connectivity index (χ1v) is 7.10. The van der Waals surface area contributed by atoms with Crippen LogP contribution in [0.3, 0.4) is 0 Å². The van der Waals surface area contributed by atoms with Gasteiger partial charge in [0.05, 0.1) is 17.5 Å². The van der Waals surface area contributed by atoms with E-state index in [4.69, 9.17) is 4.74 Å². The molecule has 0 radical (unpaired) electrons. The number of pyridine rings is 1. The lowest BCUT2D eigenvalue weighted by atomic mass is 10.3. The summed E-state index contributed by atoms with van der Waals surface area (Å²) in [6.07, 6.45) is 6.83. The van der Waals surface area contributed by atoms with Crippen LogP contribution in [-0.2, 0) is 11.3 Å². The molecule has 1 saturated heterocycles. The van der Waals surface area contributed by atoms with Crippen molar-refractivity contribution in [3.63, 3.8) is 0 Å². The minimum Gasteiger partial charge on any atom is -0.377 e. The van der Waals surface area contributed by atoms with Crippen molar-refractivity contribution >= 4 is 0 Å². The fraction of sp³-hybridized carbons (Fsp3) is 0.467. The second-order valence-electron chi connectivity index (χ2n) is 5.21. The van der Waals surface area contributed by atoms with Gasteiger partial charge in [0, 0.05) is 44.8 Å². The summed E-state index contributed by atoms with van der Waals surface area (Å²) in [6.45, 7) is 5.95. The summed E-state index contributed by atoms with van der Waals surface area (Å²) in [6, 6.07) is 6.03. The maximum Gasteiger partial charge on any atom is 0.0679 e. The Kier molecular flexibility index (Phi) is 4.08. The predicted molar refractivity (Wildman–Crippen MR) is 76.7 cm³/mol. The van der Waals surface area contributed by atoms with Gasteiger partial charge in [0.2, 0.25) is 0 Å². The molecule has 2 aromatic rings. The molecule has 1 fully saturated rings. The summed E-state index contributed by atoms with van der Waals surface area (Å²) in [4.78, 5) is 6.49. The number of aromatic nitrogens is 3. The predicted octanol–water partition coefficient (Wildman–Crippen LogP) is 1.88. The van der Waals surface area contributed by atoms with Gasteiger partial charge in [0.15, 0.2) is 0 Å². The van der Waals surface area contributed by atoms with Gasteiger partial charge in [-0.1, -0.05) is 0 Å².